The molecule has 1 aliphatic heterocycles. The van der Waals surface area contributed by atoms with Gasteiger partial charge in [0, 0.05) is 11.3 Å². The molecule has 1 aliphatic rings. The number of rotatable bonds is 5. The van der Waals surface area contributed by atoms with Crippen molar-refractivity contribution < 1.29 is 14.3 Å². The zero-order chi connectivity index (χ0) is 22.3. The topological polar surface area (TPSA) is 92.3 Å². The molecule has 8 heteroatoms. The fourth-order valence-electron chi connectivity index (χ4n) is 3.76. The maximum atomic E-state index is 12.6. The van der Waals surface area contributed by atoms with Gasteiger partial charge in [-0.3, -0.25) is 4.79 Å². The zero-order valence-electron chi connectivity index (χ0n) is 17.9. The third-order valence-electron chi connectivity index (χ3n) is 5.45. The summed E-state index contributed by atoms with van der Waals surface area (Å²) in [7, 11) is 0. The lowest BCUT2D eigenvalue weighted by molar-refractivity contribution is -0.119. The van der Waals surface area contributed by atoms with Crippen LogP contribution in [0.3, 0.4) is 0 Å². The summed E-state index contributed by atoms with van der Waals surface area (Å²) in [5.41, 5.74) is 8.14. The van der Waals surface area contributed by atoms with Crippen LogP contribution in [0.15, 0.2) is 42.5 Å². The van der Waals surface area contributed by atoms with E-state index in [9.17, 15) is 4.79 Å². The SMILES string of the molecule is CC(c1cc(C(C)(C)C)nn1-c1cccc(Cl)n1)C(C(N)=O)c1ccc2c(c1)OCO2. The van der Waals surface area contributed by atoms with Gasteiger partial charge in [-0.2, -0.15) is 5.10 Å². The third-order valence-corrected chi connectivity index (χ3v) is 5.66. The normalized spacial score (nSPS) is 15.0. The van der Waals surface area contributed by atoms with Crippen molar-refractivity contribution in [1.82, 2.24) is 14.8 Å². The molecule has 0 saturated carbocycles. The molecule has 2 N–H and O–H groups in total. The number of carbonyl (C=O) groups is 1. The molecule has 3 aromatic rings. The molecule has 2 atom stereocenters. The summed E-state index contributed by atoms with van der Waals surface area (Å²) in [6.45, 7) is 8.39. The van der Waals surface area contributed by atoms with Crippen LogP contribution >= 0.6 is 11.6 Å². The Labute approximate surface area is 186 Å². The van der Waals surface area contributed by atoms with Crippen LogP contribution in [0.25, 0.3) is 5.82 Å². The van der Waals surface area contributed by atoms with Gasteiger partial charge in [0.25, 0.3) is 0 Å². The molecule has 3 heterocycles. The minimum Gasteiger partial charge on any atom is -0.454 e. The van der Waals surface area contributed by atoms with Gasteiger partial charge in [0.05, 0.1) is 17.3 Å². The quantitative estimate of drug-likeness (QED) is 0.596. The second-order valence-electron chi connectivity index (χ2n) is 8.72. The molecule has 0 radical (unpaired) electrons. The highest BCUT2D eigenvalue weighted by molar-refractivity contribution is 6.29. The largest absolute Gasteiger partial charge is 0.454 e. The molecule has 0 bridgehead atoms. The maximum Gasteiger partial charge on any atom is 0.231 e. The minimum atomic E-state index is -0.600. The van der Waals surface area contributed by atoms with Crippen LogP contribution in [0.1, 0.15) is 56.5 Å². The number of carbonyl (C=O) groups excluding carboxylic acids is 1. The van der Waals surface area contributed by atoms with Crippen molar-refractivity contribution in [2.24, 2.45) is 5.73 Å². The number of halogens is 1. The average Bonchev–Trinajstić information content (AvgIpc) is 3.34. The molecule has 2 unspecified atom stereocenters. The van der Waals surface area contributed by atoms with E-state index < -0.39 is 11.8 Å². The summed E-state index contributed by atoms with van der Waals surface area (Å²) in [5.74, 6) is 0.521. The Morgan fingerprint density at radius 3 is 2.58 bits per heavy atom. The molecule has 0 spiro atoms. The van der Waals surface area contributed by atoms with Gasteiger partial charge in [0.1, 0.15) is 5.15 Å². The van der Waals surface area contributed by atoms with Crippen molar-refractivity contribution in [1.29, 1.82) is 0 Å². The van der Waals surface area contributed by atoms with E-state index in [2.05, 4.69) is 25.8 Å². The van der Waals surface area contributed by atoms with Crippen LogP contribution in [0.5, 0.6) is 11.5 Å². The monoisotopic (exact) mass is 440 g/mol. The van der Waals surface area contributed by atoms with Crippen molar-refractivity contribution in [2.45, 2.75) is 44.9 Å². The smallest absolute Gasteiger partial charge is 0.231 e. The van der Waals surface area contributed by atoms with Crippen LogP contribution in [0.2, 0.25) is 5.15 Å². The van der Waals surface area contributed by atoms with E-state index in [1.165, 1.54) is 0 Å². The molecular formula is C23H25ClN4O3. The number of nitrogens with two attached hydrogens (primary N) is 1. The third kappa shape index (κ3) is 4.10. The number of hydrogen-bond donors (Lipinski definition) is 1. The zero-order valence-corrected chi connectivity index (χ0v) is 18.7. The highest BCUT2D eigenvalue weighted by atomic mass is 35.5. The average molecular weight is 441 g/mol. The first-order chi connectivity index (χ1) is 14.6. The lowest BCUT2D eigenvalue weighted by Gasteiger charge is -2.22. The van der Waals surface area contributed by atoms with Crippen molar-refractivity contribution >= 4 is 17.5 Å². The summed E-state index contributed by atoms with van der Waals surface area (Å²) >= 11 is 6.13. The molecule has 1 aromatic carbocycles. The Morgan fingerprint density at radius 2 is 1.90 bits per heavy atom. The first kappa shape index (κ1) is 21.2. The molecule has 0 fully saturated rings. The summed E-state index contributed by atoms with van der Waals surface area (Å²) in [4.78, 5) is 17.0. The van der Waals surface area contributed by atoms with Crippen LogP contribution in [0, 0.1) is 0 Å². The van der Waals surface area contributed by atoms with Gasteiger partial charge in [-0.1, -0.05) is 51.4 Å². The number of ether oxygens (including phenoxy) is 2. The number of benzene rings is 1. The summed E-state index contributed by atoms with van der Waals surface area (Å²) in [6, 6.07) is 12.8. The number of primary amides is 1. The second kappa shape index (κ2) is 7.89. The molecular weight excluding hydrogens is 416 g/mol. The van der Waals surface area contributed by atoms with Crippen LogP contribution in [-0.2, 0) is 10.2 Å². The van der Waals surface area contributed by atoms with E-state index in [4.69, 9.17) is 31.9 Å². The van der Waals surface area contributed by atoms with Gasteiger partial charge in [-0.05, 0) is 35.9 Å². The van der Waals surface area contributed by atoms with E-state index in [1.807, 2.05) is 37.3 Å². The number of amides is 1. The van der Waals surface area contributed by atoms with E-state index in [0.717, 1.165) is 17.0 Å². The Balaban J connectivity index is 1.82. The number of aromatic nitrogens is 3. The molecule has 2 aromatic heterocycles. The fourth-order valence-corrected chi connectivity index (χ4v) is 3.92. The van der Waals surface area contributed by atoms with E-state index in [1.54, 1.807) is 16.8 Å². The molecule has 7 nitrogen and oxygen atoms in total. The Bertz CT molecular complexity index is 1140. The Kier molecular flexibility index (Phi) is 5.39. The first-order valence-electron chi connectivity index (χ1n) is 10.1. The maximum absolute atomic E-state index is 12.6. The Morgan fingerprint density at radius 1 is 1.16 bits per heavy atom. The first-order valence-corrected chi connectivity index (χ1v) is 10.4. The molecule has 0 aliphatic carbocycles. The highest BCUT2D eigenvalue weighted by Gasteiger charge is 2.32. The number of pyridine rings is 1. The predicted octanol–water partition coefficient (Wildman–Crippen LogP) is 4.32. The lowest BCUT2D eigenvalue weighted by Crippen LogP contribution is -2.27. The summed E-state index contributed by atoms with van der Waals surface area (Å²) < 4.78 is 12.6. The summed E-state index contributed by atoms with van der Waals surface area (Å²) in [6.07, 6.45) is 0. The van der Waals surface area contributed by atoms with Gasteiger partial charge in [-0.15, -0.1) is 0 Å². The summed E-state index contributed by atoms with van der Waals surface area (Å²) in [5, 5.41) is 5.17. The van der Waals surface area contributed by atoms with Crippen molar-refractivity contribution in [2.75, 3.05) is 6.79 Å². The number of nitrogens with zero attached hydrogens (tertiary/aromatic N) is 3. The van der Waals surface area contributed by atoms with Gasteiger partial charge in [0.2, 0.25) is 12.7 Å². The van der Waals surface area contributed by atoms with Gasteiger partial charge < -0.3 is 15.2 Å². The van der Waals surface area contributed by atoms with Crippen molar-refractivity contribution in [3.63, 3.8) is 0 Å². The van der Waals surface area contributed by atoms with Crippen LogP contribution in [0.4, 0.5) is 0 Å². The van der Waals surface area contributed by atoms with Crippen molar-refractivity contribution in [3.05, 3.63) is 64.6 Å². The minimum absolute atomic E-state index is 0.164. The molecule has 162 valence electrons. The fraction of sp³-hybridized carbons (Fsp3) is 0.348. The molecule has 31 heavy (non-hydrogen) atoms. The van der Waals surface area contributed by atoms with Gasteiger partial charge in [0.15, 0.2) is 17.3 Å². The van der Waals surface area contributed by atoms with Crippen LogP contribution < -0.4 is 15.2 Å². The number of hydrogen-bond acceptors (Lipinski definition) is 5. The predicted molar refractivity (Wildman–Crippen MR) is 118 cm³/mol. The van der Waals surface area contributed by atoms with Crippen molar-refractivity contribution in [3.8, 4) is 17.3 Å². The molecule has 1 amide bonds. The molecule has 0 saturated heterocycles. The van der Waals surface area contributed by atoms with Gasteiger partial charge in [-0.25, -0.2) is 9.67 Å². The van der Waals surface area contributed by atoms with Crippen LogP contribution in [-0.4, -0.2) is 27.5 Å². The van der Waals surface area contributed by atoms with Gasteiger partial charge >= 0.3 is 0 Å². The number of fused-ring (bicyclic) bond motifs is 1. The standard InChI is InChI=1S/C23H25ClN4O3/c1-13(21(22(25)29)14-8-9-16-17(10-14)31-12-30-16)15-11-18(23(2,3)4)27-28(15)20-7-5-6-19(24)26-20/h5-11,13,21H,12H2,1-4H3,(H2,25,29). The highest BCUT2D eigenvalue weighted by Crippen LogP contribution is 2.40. The second-order valence-corrected chi connectivity index (χ2v) is 9.10. The van der Waals surface area contributed by atoms with E-state index in [0.29, 0.717) is 22.5 Å². The molecule has 4 rings (SSSR count). The van der Waals surface area contributed by atoms with E-state index in [-0.39, 0.29) is 18.1 Å². The van der Waals surface area contributed by atoms with E-state index >= 15 is 0 Å². The lowest BCUT2D eigenvalue weighted by atomic mass is 9.83. The Hall–Kier alpha value is -3.06.